The van der Waals surface area contributed by atoms with Crippen LogP contribution in [0.25, 0.3) is 16.9 Å². The number of carbonyl (C=O) groups is 2. The Bertz CT molecular complexity index is 1300. The number of anilines is 1. The third-order valence-corrected chi connectivity index (χ3v) is 5.71. The van der Waals surface area contributed by atoms with Crippen LogP contribution in [0.3, 0.4) is 0 Å². The molecule has 0 radical (unpaired) electrons. The van der Waals surface area contributed by atoms with Gasteiger partial charge in [0.1, 0.15) is 12.4 Å². The number of rotatable bonds is 7. The Hall–Kier alpha value is -4.26. The maximum atomic E-state index is 13.5. The number of halogens is 1. The predicted octanol–water partition coefficient (Wildman–Crippen LogP) is 4.92. The van der Waals surface area contributed by atoms with Gasteiger partial charge in [-0.05, 0) is 49.2 Å². The summed E-state index contributed by atoms with van der Waals surface area (Å²) in [6.45, 7) is -0.0741. The highest BCUT2D eigenvalue weighted by Gasteiger charge is 2.34. The van der Waals surface area contributed by atoms with E-state index in [1.54, 1.807) is 39.9 Å². The van der Waals surface area contributed by atoms with E-state index in [9.17, 15) is 14.0 Å². The molecule has 1 aliphatic carbocycles. The van der Waals surface area contributed by atoms with E-state index in [1.165, 1.54) is 12.1 Å². The number of hydrogen-bond acceptors (Lipinski definition) is 3. The Balaban J connectivity index is 1.41. The summed E-state index contributed by atoms with van der Waals surface area (Å²) in [7, 11) is 0. The third-order valence-electron chi connectivity index (χ3n) is 5.71. The van der Waals surface area contributed by atoms with Crippen LogP contribution < -0.4 is 5.32 Å². The van der Waals surface area contributed by atoms with E-state index in [4.69, 9.17) is 0 Å². The van der Waals surface area contributed by atoms with Crippen molar-refractivity contribution in [3.05, 3.63) is 103 Å². The van der Waals surface area contributed by atoms with E-state index in [0.29, 0.717) is 22.9 Å². The van der Waals surface area contributed by atoms with E-state index in [-0.39, 0.29) is 30.2 Å². The van der Waals surface area contributed by atoms with Gasteiger partial charge in [0, 0.05) is 29.1 Å². The zero-order valence-corrected chi connectivity index (χ0v) is 18.4. The summed E-state index contributed by atoms with van der Waals surface area (Å²) in [6, 6.07) is 24.6. The van der Waals surface area contributed by atoms with Crippen molar-refractivity contribution in [3.63, 3.8) is 0 Å². The highest BCUT2D eigenvalue weighted by molar-refractivity contribution is 5.99. The number of nitrogens with zero attached hydrogens (tertiary/aromatic N) is 3. The molecule has 1 N–H and O–H groups in total. The first-order valence-electron chi connectivity index (χ1n) is 11.1. The van der Waals surface area contributed by atoms with Crippen LogP contribution in [0.5, 0.6) is 0 Å². The van der Waals surface area contributed by atoms with Crippen molar-refractivity contribution in [3.8, 4) is 16.9 Å². The number of nitrogens with one attached hydrogen (secondary N) is 1. The van der Waals surface area contributed by atoms with Gasteiger partial charge in [-0.2, -0.15) is 0 Å². The summed E-state index contributed by atoms with van der Waals surface area (Å²) in [5.41, 5.74) is 2.77. The molecule has 3 aromatic carbocycles. The van der Waals surface area contributed by atoms with Crippen molar-refractivity contribution >= 4 is 17.8 Å². The van der Waals surface area contributed by atoms with E-state index in [0.717, 1.165) is 18.4 Å². The first kappa shape index (κ1) is 21.6. The van der Waals surface area contributed by atoms with Crippen molar-refractivity contribution in [1.29, 1.82) is 0 Å². The van der Waals surface area contributed by atoms with Crippen LogP contribution in [0.2, 0.25) is 0 Å². The van der Waals surface area contributed by atoms with Gasteiger partial charge in [-0.3, -0.25) is 19.5 Å². The second kappa shape index (κ2) is 9.31. The summed E-state index contributed by atoms with van der Waals surface area (Å²) in [5, 5.41) is 2.86. The molecule has 1 aliphatic rings. The third kappa shape index (κ3) is 4.73. The van der Waals surface area contributed by atoms with Gasteiger partial charge in [-0.25, -0.2) is 9.37 Å². The molecule has 1 saturated carbocycles. The maximum Gasteiger partial charge on any atom is 0.254 e. The first-order valence-corrected chi connectivity index (χ1v) is 11.1. The molecule has 170 valence electrons. The topological polar surface area (TPSA) is 67.2 Å². The Morgan fingerprint density at radius 1 is 0.941 bits per heavy atom. The average Bonchev–Trinajstić information content (AvgIpc) is 3.63. The first-order chi connectivity index (χ1) is 16.6. The molecule has 6 nitrogen and oxygen atoms in total. The molecule has 0 saturated heterocycles. The SMILES string of the molecule is O=C(CN(C(=O)c1ccccc1)C1CC1)Nc1nc(-c2ccccc2)cn1-c1ccc(F)cc1. The molecule has 0 spiro atoms. The fraction of sp³-hybridized carbons (Fsp3) is 0.148. The predicted molar refractivity (Wildman–Crippen MR) is 128 cm³/mol. The molecular weight excluding hydrogens is 431 g/mol. The Morgan fingerprint density at radius 3 is 2.24 bits per heavy atom. The quantitative estimate of drug-likeness (QED) is 0.431. The molecule has 7 heteroatoms. The number of imidazole rings is 1. The largest absolute Gasteiger partial charge is 0.326 e. The molecule has 0 atom stereocenters. The van der Waals surface area contributed by atoms with Gasteiger partial charge >= 0.3 is 0 Å². The maximum absolute atomic E-state index is 13.5. The fourth-order valence-corrected chi connectivity index (χ4v) is 3.83. The lowest BCUT2D eigenvalue weighted by Gasteiger charge is -2.22. The molecule has 0 aliphatic heterocycles. The van der Waals surface area contributed by atoms with Crippen LogP contribution in [0.4, 0.5) is 10.3 Å². The minimum absolute atomic E-state index is 0.0650. The van der Waals surface area contributed by atoms with Gasteiger partial charge in [0.2, 0.25) is 11.9 Å². The lowest BCUT2D eigenvalue weighted by Crippen LogP contribution is -2.39. The van der Waals surface area contributed by atoms with Crippen LogP contribution >= 0.6 is 0 Å². The lowest BCUT2D eigenvalue weighted by molar-refractivity contribution is -0.117. The highest BCUT2D eigenvalue weighted by atomic mass is 19.1. The smallest absolute Gasteiger partial charge is 0.254 e. The summed E-state index contributed by atoms with van der Waals surface area (Å²) in [5.74, 6) is -0.551. The molecular formula is C27H23FN4O2. The summed E-state index contributed by atoms with van der Waals surface area (Å²) in [4.78, 5) is 32.3. The van der Waals surface area contributed by atoms with Crippen LogP contribution in [0.15, 0.2) is 91.1 Å². The summed E-state index contributed by atoms with van der Waals surface area (Å²) in [6.07, 6.45) is 3.56. The van der Waals surface area contributed by atoms with Crippen LogP contribution in [0.1, 0.15) is 23.2 Å². The van der Waals surface area contributed by atoms with E-state index < -0.39 is 0 Å². The van der Waals surface area contributed by atoms with Gasteiger partial charge < -0.3 is 4.90 Å². The number of aromatic nitrogens is 2. The number of benzene rings is 3. The zero-order chi connectivity index (χ0) is 23.5. The van der Waals surface area contributed by atoms with Gasteiger partial charge in [0.25, 0.3) is 5.91 Å². The van der Waals surface area contributed by atoms with Gasteiger partial charge in [0.15, 0.2) is 0 Å². The van der Waals surface area contributed by atoms with Gasteiger partial charge in [0.05, 0.1) is 5.69 Å². The van der Waals surface area contributed by atoms with Crippen molar-refractivity contribution < 1.29 is 14.0 Å². The van der Waals surface area contributed by atoms with Crippen LogP contribution in [-0.2, 0) is 4.79 Å². The van der Waals surface area contributed by atoms with Crippen molar-refractivity contribution in [1.82, 2.24) is 14.5 Å². The Morgan fingerprint density at radius 2 is 1.59 bits per heavy atom. The van der Waals surface area contributed by atoms with Gasteiger partial charge in [-0.1, -0.05) is 48.5 Å². The van der Waals surface area contributed by atoms with Crippen molar-refractivity contribution in [2.24, 2.45) is 0 Å². The van der Waals surface area contributed by atoms with E-state index in [2.05, 4.69) is 10.3 Å². The molecule has 4 aromatic rings. The second-order valence-electron chi connectivity index (χ2n) is 8.24. The summed E-state index contributed by atoms with van der Waals surface area (Å²) >= 11 is 0. The van der Waals surface area contributed by atoms with E-state index in [1.807, 2.05) is 48.5 Å². The second-order valence-corrected chi connectivity index (χ2v) is 8.24. The molecule has 34 heavy (non-hydrogen) atoms. The average molecular weight is 455 g/mol. The molecule has 2 amide bonds. The van der Waals surface area contributed by atoms with Crippen molar-refractivity contribution in [2.75, 3.05) is 11.9 Å². The fourth-order valence-electron chi connectivity index (χ4n) is 3.83. The van der Waals surface area contributed by atoms with E-state index >= 15 is 0 Å². The minimum Gasteiger partial charge on any atom is -0.326 e. The van der Waals surface area contributed by atoms with Crippen LogP contribution in [0, 0.1) is 5.82 Å². The van der Waals surface area contributed by atoms with Crippen LogP contribution in [-0.4, -0.2) is 38.9 Å². The molecule has 0 unspecified atom stereocenters. The number of hydrogen-bond donors (Lipinski definition) is 1. The molecule has 1 fully saturated rings. The Labute approximate surface area is 196 Å². The normalized spacial score (nSPS) is 12.9. The van der Waals surface area contributed by atoms with Gasteiger partial charge in [-0.15, -0.1) is 0 Å². The Kier molecular flexibility index (Phi) is 5.91. The molecule has 5 rings (SSSR count). The zero-order valence-electron chi connectivity index (χ0n) is 18.4. The standard InChI is InChI=1S/C27H23FN4O2/c28-21-11-13-23(14-12-21)32-17-24(19-7-3-1-4-8-19)29-27(32)30-25(33)18-31(22-15-16-22)26(34)20-9-5-2-6-10-20/h1-14,17,22H,15-16,18H2,(H,29,30,33). The summed E-state index contributed by atoms with van der Waals surface area (Å²) < 4.78 is 15.2. The number of amides is 2. The van der Waals surface area contributed by atoms with Crippen molar-refractivity contribution in [2.45, 2.75) is 18.9 Å². The highest BCUT2D eigenvalue weighted by Crippen LogP contribution is 2.29. The molecule has 0 bridgehead atoms. The monoisotopic (exact) mass is 454 g/mol. The molecule has 1 aromatic heterocycles. The number of carbonyl (C=O) groups excluding carboxylic acids is 2. The lowest BCUT2D eigenvalue weighted by atomic mass is 10.2. The molecule has 1 heterocycles. The minimum atomic E-state index is -0.350.